The van der Waals surface area contributed by atoms with Gasteiger partial charge < -0.3 is 25.2 Å². The molecule has 1 amide bonds. The minimum atomic E-state index is 0. The lowest BCUT2D eigenvalue weighted by atomic mass is 9.89. The Bertz CT molecular complexity index is 515. The zero-order valence-electron chi connectivity index (χ0n) is 18.9. The average molecular weight is 524 g/mol. The molecule has 9 heteroatoms. The number of carbonyl (C=O) groups excluding carboxylic acids is 1. The third-order valence-electron chi connectivity index (χ3n) is 5.72. The number of rotatable bonds is 7. The van der Waals surface area contributed by atoms with E-state index in [1.807, 2.05) is 13.8 Å². The number of guanidine groups is 1. The summed E-state index contributed by atoms with van der Waals surface area (Å²) in [4.78, 5) is 23.9. The van der Waals surface area contributed by atoms with Crippen LogP contribution in [0.1, 0.15) is 33.6 Å². The zero-order chi connectivity index (χ0) is 20.6. The van der Waals surface area contributed by atoms with Crippen molar-refractivity contribution < 1.29 is 9.53 Å². The summed E-state index contributed by atoms with van der Waals surface area (Å²) >= 11 is 0. The lowest BCUT2D eigenvalue weighted by Crippen LogP contribution is -2.55. The highest BCUT2D eigenvalue weighted by molar-refractivity contribution is 14.0. The number of amides is 1. The van der Waals surface area contributed by atoms with Gasteiger partial charge >= 0.3 is 0 Å². The van der Waals surface area contributed by atoms with Crippen LogP contribution < -0.4 is 10.6 Å². The van der Waals surface area contributed by atoms with Crippen LogP contribution in [0.25, 0.3) is 0 Å². The molecule has 2 N–H and O–H groups in total. The summed E-state index contributed by atoms with van der Waals surface area (Å²) in [5, 5.41) is 6.43. The molecule has 0 aliphatic carbocycles. The van der Waals surface area contributed by atoms with E-state index < -0.39 is 0 Å². The van der Waals surface area contributed by atoms with Crippen molar-refractivity contribution in [3.63, 3.8) is 0 Å². The van der Waals surface area contributed by atoms with Gasteiger partial charge in [0.05, 0.1) is 13.1 Å². The Morgan fingerprint density at radius 1 is 1.17 bits per heavy atom. The lowest BCUT2D eigenvalue weighted by Gasteiger charge is -2.42. The fourth-order valence-electron chi connectivity index (χ4n) is 3.83. The normalized spacial score (nSPS) is 20.5. The van der Waals surface area contributed by atoms with E-state index in [0.717, 1.165) is 71.3 Å². The van der Waals surface area contributed by atoms with Gasteiger partial charge in [-0.2, -0.15) is 0 Å². The van der Waals surface area contributed by atoms with Crippen molar-refractivity contribution in [2.75, 3.05) is 73.1 Å². The highest BCUT2D eigenvalue weighted by Crippen LogP contribution is 2.26. The molecule has 0 radical (unpaired) electrons. The number of halogens is 1. The predicted octanol–water partition coefficient (Wildman–Crippen LogP) is 0.823. The van der Waals surface area contributed by atoms with Gasteiger partial charge in [0.1, 0.15) is 0 Å². The Hall–Kier alpha value is -0.650. The molecule has 2 saturated heterocycles. The van der Waals surface area contributed by atoms with Crippen molar-refractivity contribution in [1.29, 1.82) is 0 Å². The molecule has 0 atom stereocenters. The fourth-order valence-corrected chi connectivity index (χ4v) is 3.83. The molecule has 8 nitrogen and oxygen atoms in total. The number of piperazine rings is 1. The van der Waals surface area contributed by atoms with Crippen molar-refractivity contribution in [3.8, 4) is 0 Å². The van der Waals surface area contributed by atoms with Gasteiger partial charge in [-0.25, -0.2) is 0 Å². The number of carbonyl (C=O) groups is 1. The first-order chi connectivity index (χ1) is 13.4. The fraction of sp³-hybridized carbons (Fsp3) is 0.900. The minimum absolute atomic E-state index is 0. The number of hydrogen-bond acceptors (Lipinski definition) is 5. The highest BCUT2D eigenvalue weighted by Gasteiger charge is 2.35. The standard InChI is InChI=1S/C20H40N6O2.HI/c1-6-21-19(22-16-20(24(4)5)7-13-28-14-8-20)26-11-9-25(10-12-26)15-18(27)23-17(2)3;/h17H,6-16H2,1-5H3,(H,21,22)(H,23,27);1H. The van der Waals surface area contributed by atoms with Gasteiger partial charge in [0.25, 0.3) is 0 Å². The quantitative estimate of drug-likeness (QED) is 0.292. The summed E-state index contributed by atoms with van der Waals surface area (Å²) < 4.78 is 5.57. The zero-order valence-corrected chi connectivity index (χ0v) is 21.2. The Labute approximate surface area is 193 Å². The van der Waals surface area contributed by atoms with Crippen molar-refractivity contribution in [2.24, 2.45) is 4.99 Å². The molecule has 0 aromatic carbocycles. The van der Waals surface area contributed by atoms with Crippen molar-refractivity contribution in [1.82, 2.24) is 25.3 Å². The number of ether oxygens (including phenoxy) is 1. The maximum Gasteiger partial charge on any atom is 0.234 e. The second-order valence-corrected chi connectivity index (χ2v) is 8.39. The smallest absolute Gasteiger partial charge is 0.234 e. The predicted molar refractivity (Wildman–Crippen MR) is 129 cm³/mol. The first-order valence-corrected chi connectivity index (χ1v) is 10.7. The van der Waals surface area contributed by atoms with Gasteiger partial charge in [0, 0.05) is 57.5 Å². The van der Waals surface area contributed by atoms with Crippen molar-refractivity contribution in [2.45, 2.75) is 45.2 Å². The van der Waals surface area contributed by atoms with Crippen LogP contribution in [0.4, 0.5) is 0 Å². The third-order valence-corrected chi connectivity index (χ3v) is 5.72. The molecule has 2 heterocycles. The summed E-state index contributed by atoms with van der Waals surface area (Å²) in [6.45, 7) is 13.4. The topological polar surface area (TPSA) is 72.4 Å². The Morgan fingerprint density at radius 2 is 1.79 bits per heavy atom. The van der Waals surface area contributed by atoms with E-state index >= 15 is 0 Å². The summed E-state index contributed by atoms with van der Waals surface area (Å²) in [5.74, 6) is 1.10. The van der Waals surface area contributed by atoms with E-state index in [1.54, 1.807) is 0 Å². The molecule has 2 aliphatic rings. The van der Waals surface area contributed by atoms with Crippen molar-refractivity contribution >= 4 is 35.8 Å². The van der Waals surface area contributed by atoms with E-state index in [9.17, 15) is 4.79 Å². The van der Waals surface area contributed by atoms with Crippen LogP contribution in [-0.2, 0) is 9.53 Å². The van der Waals surface area contributed by atoms with Crippen LogP contribution in [0, 0.1) is 0 Å². The number of hydrogen-bond donors (Lipinski definition) is 2. The molecule has 0 aromatic rings. The molecular weight excluding hydrogens is 483 g/mol. The lowest BCUT2D eigenvalue weighted by molar-refractivity contribution is -0.123. The molecule has 2 aliphatic heterocycles. The minimum Gasteiger partial charge on any atom is -0.381 e. The van der Waals surface area contributed by atoms with E-state index in [0.29, 0.717) is 6.54 Å². The van der Waals surface area contributed by atoms with Gasteiger partial charge in [-0.1, -0.05) is 0 Å². The Kier molecular flexibility index (Phi) is 11.7. The van der Waals surface area contributed by atoms with Crippen LogP contribution in [0.5, 0.6) is 0 Å². The Balaban J connectivity index is 0.00000420. The van der Waals surface area contributed by atoms with Gasteiger partial charge in [-0.15, -0.1) is 24.0 Å². The summed E-state index contributed by atoms with van der Waals surface area (Å²) in [6, 6.07) is 0.190. The maximum atomic E-state index is 12.0. The van der Waals surface area contributed by atoms with Gasteiger partial charge in [-0.3, -0.25) is 14.7 Å². The van der Waals surface area contributed by atoms with Crippen molar-refractivity contribution in [3.05, 3.63) is 0 Å². The number of likely N-dealkylation sites (N-methyl/N-ethyl adjacent to an activating group) is 1. The Morgan fingerprint density at radius 3 is 2.31 bits per heavy atom. The molecule has 0 bridgehead atoms. The molecule has 0 spiro atoms. The summed E-state index contributed by atoms with van der Waals surface area (Å²) in [7, 11) is 4.30. The molecule has 0 aromatic heterocycles. The molecular formula is C20H41IN6O2. The second-order valence-electron chi connectivity index (χ2n) is 8.39. The molecule has 170 valence electrons. The van der Waals surface area contributed by atoms with Crippen LogP contribution >= 0.6 is 24.0 Å². The van der Waals surface area contributed by atoms with E-state index in [1.165, 1.54) is 0 Å². The number of aliphatic imine (C=N–C) groups is 1. The van der Waals surface area contributed by atoms with Gasteiger partial charge in [0.2, 0.25) is 5.91 Å². The first-order valence-electron chi connectivity index (χ1n) is 10.7. The van der Waals surface area contributed by atoms with E-state index in [4.69, 9.17) is 9.73 Å². The highest BCUT2D eigenvalue weighted by atomic mass is 127. The van der Waals surface area contributed by atoms with Crippen LogP contribution in [0.15, 0.2) is 4.99 Å². The average Bonchev–Trinajstić information content (AvgIpc) is 2.66. The molecule has 2 rings (SSSR count). The van der Waals surface area contributed by atoms with Crippen LogP contribution in [-0.4, -0.2) is 111 Å². The van der Waals surface area contributed by atoms with Gasteiger partial charge in [0.15, 0.2) is 5.96 Å². The molecule has 0 saturated carbocycles. The largest absolute Gasteiger partial charge is 0.381 e. The second kappa shape index (κ2) is 12.9. The molecule has 0 unspecified atom stereocenters. The monoisotopic (exact) mass is 524 g/mol. The van der Waals surface area contributed by atoms with E-state index in [-0.39, 0.29) is 41.5 Å². The number of nitrogens with zero attached hydrogens (tertiary/aromatic N) is 4. The van der Waals surface area contributed by atoms with E-state index in [2.05, 4.69) is 46.4 Å². The van der Waals surface area contributed by atoms with Crippen LogP contribution in [0.2, 0.25) is 0 Å². The first kappa shape index (κ1) is 26.4. The molecule has 2 fully saturated rings. The molecule has 29 heavy (non-hydrogen) atoms. The SMILES string of the molecule is CCNC(=NCC1(N(C)C)CCOCC1)N1CCN(CC(=O)NC(C)C)CC1.I. The third kappa shape index (κ3) is 8.18. The number of nitrogens with one attached hydrogen (secondary N) is 2. The summed E-state index contributed by atoms with van der Waals surface area (Å²) in [6.07, 6.45) is 2.03. The van der Waals surface area contributed by atoms with Gasteiger partial charge in [-0.05, 0) is 47.7 Å². The maximum absolute atomic E-state index is 12.0. The van der Waals surface area contributed by atoms with Crippen LogP contribution in [0.3, 0.4) is 0 Å². The summed E-state index contributed by atoms with van der Waals surface area (Å²) in [5.41, 5.74) is 0.0790.